The number of nitrogens with zero attached hydrogens (tertiary/aromatic N) is 1. The van der Waals surface area contributed by atoms with Gasteiger partial charge < -0.3 is 10.1 Å². The summed E-state index contributed by atoms with van der Waals surface area (Å²) in [5.41, 5.74) is -0.535. The van der Waals surface area contributed by atoms with Crippen molar-refractivity contribution in [3.05, 3.63) is 34.1 Å². The first-order valence-electron chi connectivity index (χ1n) is 5.92. The lowest BCUT2D eigenvalue weighted by Gasteiger charge is -2.06. The molecule has 5 nitrogen and oxygen atoms in total. The van der Waals surface area contributed by atoms with Crippen molar-refractivity contribution in [2.24, 2.45) is 0 Å². The molecule has 0 aliphatic carbocycles. The van der Waals surface area contributed by atoms with Gasteiger partial charge in [0.2, 0.25) is 5.82 Å². The Kier molecular flexibility index (Phi) is 6.07. The lowest BCUT2D eigenvalue weighted by Crippen LogP contribution is -2.18. The van der Waals surface area contributed by atoms with Crippen molar-refractivity contribution >= 4 is 5.69 Å². The van der Waals surface area contributed by atoms with Gasteiger partial charge in [0.25, 0.3) is 0 Å². The molecular formula is C12H17FN2O3. The van der Waals surface area contributed by atoms with Gasteiger partial charge in [0.05, 0.1) is 11.5 Å². The molecular weight excluding hydrogens is 239 g/mol. The highest BCUT2D eigenvalue weighted by Gasteiger charge is 2.13. The van der Waals surface area contributed by atoms with Gasteiger partial charge in [0, 0.05) is 12.1 Å². The van der Waals surface area contributed by atoms with Gasteiger partial charge in [0.1, 0.15) is 5.75 Å². The van der Waals surface area contributed by atoms with Crippen molar-refractivity contribution < 1.29 is 14.1 Å². The van der Waals surface area contributed by atoms with Crippen molar-refractivity contribution in [2.45, 2.75) is 19.8 Å². The van der Waals surface area contributed by atoms with Gasteiger partial charge in [-0.1, -0.05) is 6.92 Å². The summed E-state index contributed by atoms with van der Waals surface area (Å²) in [4.78, 5) is 9.65. The van der Waals surface area contributed by atoms with Crippen LogP contribution in [0.2, 0.25) is 0 Å². The number of benzene rings is 1. The first-order valence-corrected chi connectivity index (χ1v) is 5.92. The quantitative estimate of drug-likeness (QED) is 0.441. The second-order valence-corrected chi connectivity index (χ2v) is 3.82. The lowest BCUT2D eigenvalue weighted by atomic mass is 10.3. The Bertz CT molecular complexity index is 399. The molecule has 0 unspecified atom stereocenters. The summed E-state index contributed by atoms with van der Waals surface area (Å²) < 4.78 is 18.5. The van der Waals surface area contributed by atoms with E-state index in [4.69, 9.17) is 4.74 Å². The molecule has 0 bridgehead atoms. The van der Waals surface area contributed by atoms with Crippen LogP contribution in [0.25, 0.3) is 0 Å². The van der Waals surface area contributed by atoms with Crippen LogP contribution in [0.3, 0.4) is 0 Å². The Hall–Kier alpha value is -1.69. The number of hydrogen-bond acceptors (Lipinski definition) is 4. The van der Waals surface area contributed by atoms with Crippen LogP contribution in [0.4, 0.5) is 10.1 Å². The van der Waals surface area contributed by atoms with Crippen molar-refractivity contribution in [3.8, 4) is 5.75 Å². The molecule has 0 spiro atoms. The van der Waals surface area contributed by atoms with E-state index in [1.54, 1.807) is 0 Å². The molecule has 0 radical (unpaired) electrons. The van der Waals surface area contributed by atoms with Crippen molar-refractivity contribution in [1.82, 2.24) is 5.32 Å². The summed E-state index contributed by atoms with van der Waals surface area (Å²) in [7, 11) is 0. The minimum absolute atomic E-state index is 0.314. The van der Waals surface area contributed by atoms with Gasteiger partial charge >= 0.3 is 5.69 Å². The minimum Gasteiger partial charge on any atom is -0.493 e. The maximum atomic E-state index is 13.2. The second-order valence-electron chi connectivity index (χ2n) is 3.82. The highest BCUT2D eigenvalue weighted by atomic mass is 19.1. The van der Waals surface area contributed by atoms with E-state index in [2.05, 4.69) is 12.2 Å². The number of rotatable bonds is 8. The molecule has 0 aromatic heterocycles. The second kappa shape index (κ2) is 7.60. The summed E-state index contributed by atoms with van der Waals surface area (Å²) in [6.07, 6.45) is 1.88. The third-order valence-electron chi connectivity index (χ3n) is 2.31. The first kappa shape index (κ1) is 14.4. The van der Waals surface area contributed by atoms with Crippen molar-refractivity contribution in [1.29, 1.82) is 0 Å². The topological polar surface area (TPSA) is 64.4 Å². The summed E-state index contributed by atoms with van der Waals surface area (Å²) in [6.45, 7) is 4.34. The Morgan fingerprint density at radius 3 is 2.83 bits per heavy atom. The predicted octanol–water partition coefficient (Wildman–Crippen LogP) is 2.50. The van der Waals surface area contributed by atoms with Crippen LogP contribution < -0.4 is 10.1 Å². The Morgan fingerprint density at radius 2 is 2.22 bits per heavy atom. The van der Waals surface area contributed by atoms with Gasteiger partial charge in [-0.25, -0.2) is 0 Å². The molecule has 1 aromatic carbocycles. The van der Waals surface area contributed by atoms with E-state index in [0.29, 0.717) is 12.4 Å². The molecule has 0 heterocycles. The van der Waals surface area contributed by atoms with E-state index in [-0.39, 0.29) is 0 Å². The van der Waals surface area contributed by atoms with Crippen LogP contribution in [0.1, 0.15) is 19.8 Å². The molecule has 1 rings (SSSR count). The average molecular weight is 256 g/mol. The monoisotopic (exact) mass is 256 g/mol. The van der Waals surface area contributed by atoms with E-state index >= 15 is 0 Å². The molecule has 1 N–H and O–H groups in total. The van der Waals surface area contributed by atoms with E-state index in [0.717, 1.165) is 38.1 Å². The molecule has 100 valence electrons. The fraction of sp³-hybridized carbons (Fsp3) is 0.500. The van der Waals surface area contributed by atoms with Gasteiger partial charge in [-0.2, -0.15) is 4.39 Å². The maximum Gasteiger partial charge on any atom is 0.305 e. The molecule has 0 atom stereocenters. The molecule has 0 saturated heterocycles. The molecule has 0 saturated carbocycles. The van der Waals surface area contributed by atoms with Gasteiger partial charge in [-0.15, -0.1) is 0 Å². The van der Waals surface area contributed by atoms with Crippen LogP contribution in [-0.2, 0) is 0 Å². The van der Waals surface area contributed by atoms with Crippen LogP contribution >= 0.6 is 0 Å². The fourth-order valence-electron chi connectivity index (χ4n) is 1.41. The average Bonchev–Trinajstić information content (AvgIpc) is 2.33. The minimum atomic E-state index is -0.874. The highest BCUT2D eigenvalue weighted by molar-refractivity contribution is 5.37. The molecule has 1 aromatic rings. The van der Waals surface area contributed by atoms with Crippen molar-refractivity contribution in [3.63, 3.8) is 0 Å². The van der Waals surface area contributed by atoms with Gasteiger partial charge in [-0.3, -0.25) is 10.1 Å². The third kappa shape index (κ3) is 4.67. The predicted molar refractivity (Wildman–Crippen MR) is 66.3 cm³/mol. The Balaban J connectivity index is 2.35. The van der Waals surface area contributed by atoms with E-state index in [1.807, 2.05) is 0 Å². The van der Waals surface area contributed by atoms with Crippen LogP contribution in [0.5, 0.6) is 5.75 Å². The summed E-state index contributed by atoms with van der Waals surface area (Å²) >= 11 is 0. The number of hydrogen-bond donors (Lipinski definition) is 1. The summed E-state index contributed by atoms with van der Waals surface area (Å²) in [5, 5.41) is 13.6. The summed E-state index contributed by atoms with van der Waals surface area (Å²) in [6, 6.07) is 3.55. The zero-order valence-corrected chi connectivity index (χ0v) is 10.3. The van der Waals surface area contributed by atoms with E-state index in [1.165, 1.54) is 6.07 Å². The van der Waals surface area contributed by atoms with Crippen LogP contribution in [0, 0.1) is 15.9 Å². The zero-order valence-electron chi connectivity index (χ0n) is 10.3. The maximum absolute atomic E-state index is 13.2. The van der Waals surface area contributed by atoms with E-state index in [9.17, 15) is 14.5 Å². The lowest BCUT2D eigenvalue weighted by molar-refractivity contribution is -0.387. The standard InChI is InChI=1S/C12H17FN2O3/c1-2-6-14-7-3-8-18-10-4-5-12(15(16)17)11(13)9-10/h4-5,9,14H,2-3,6-8H2,1H3. The highest BCUT2D eigenvalue weighted by Crippen LogP contribution is 2.22. The van der Waals surface area contributed by atoms with E-state index < -0.39 is 16.4 Å². The van der Waals surface area contributed by atoms with Gasteiger partial charge in [-0.05, 0) is 32.0 Å². The molecule has 0 aliphatic heterocycles. The van der Waals surface area contributed by atoms with Gasteiger partial charge in [0.15, 0.2) is 0 Å². The SMILES string of the molecule is CCCNCCCOc1ccc([N+](=O)[O-])c(F)c1. The molecule has 18 heavy (non-hydrogen) atoms. The fourth-order valence-corrected chi connectivity index (χ4v) is 1.41. The zero-order chi connectivity index (χ0) is 13.4. The number of ether oxygens (including phenoxy) is 1. The third-order valence-corrected chi connectivity index (χ3v) is 2.31. The summed E-state index contributed by atoms with van der Waals surface area (Å²) in [5.74, 6) is -0.560. The van der Waals surface area contributed by atoms with Crippen LogP contribution in [0.15, 0.2) is 18.2 Å². The number of halogens is 1. The number of nitro benzene ring substituents is 1. The number of nitrogens with one attached hydrogen (secondary N) is 1. The Morgan fingerprint density at radius 1 is 1.44 bits per heavy atom. The smallest absolute Gasteiger partial charge is 0.305 e. The van der Waals surface area contributed by atoms with Crippen LogP contribution in [-0.4, -0.2) is 24.6 Å². The Labute approximate surface area is 105 Å². The first-order chi connectivity index (χ1) is 8.65. The normalized spacial score (nSPS) is 10.3. The number of nitro groups is 1. The largest absolute Gasteiger partial charge is 0.493 e. The molecule has 6 heteroatoms. The molecule has 0 aliphatic rings. The van der Waals surface area contributed by atoms with Crippen molar-refractivity contribution in [2.75, 3.05) is 19.7 Å². The molecule has 0 fully saturated rings. The molecule has 0 amide bonds.